The van der Waals surface area contributed by atoms with Gasteiger partial charge >= 0.3 is 0 Å². The van der Waals surface area contributed by atoms with E-state index < -0.39 is 0 Å². The van der Waals surface area contributed by atoms with Gasteiger partial charge in [-0.3, -0.25) is 9.89 Å². The zero-order chi connectivity index (χ0) is 19.7. The molecule has 0 atom stereocenters. The lowest BCUT2D eigenvalue weighted by Gasteiger charge is -2.35. The molecule has 5 nitrogen and oxygen atoms in total. The van der Waals surface area contributed by atoms with Gasteiger partial charge in [0.2, 0.25) is 0 Å². The summed E-state index contributed by atoms with van der Waals surface area (Å²) >= 11 is 0. The van der Waals surface area contributed by atoms with Crippen LogP contribution in [0.2, 0.25) is 0 Å². The predicted octanol–water partition coefficient (Wildman–Crippen LogP) is 3.80. The van der Waals surface area contributed by atoms with Crippen molar-refractivity contribution in [3.8, 4) is 11.3 Å². The van der Waals surface area contributed by atoms with Gasteiger partial charge in [0.25, 0.3) is 5.91 Å². The summed E-state index contributed by atoms with van der Waals surface area (Å²) in [4.78, 5) is 16.8. The average Bonchev–Trinajstić information content (AvgIpc) is 3.20. The molecule has 1 amide bonds. The lowest BCUT2D eigenvalue weighted by Crippen LogP contribution is -2.48. The number of hydrogen-bond acceptors (Lipinski definition) is 3. The molecule has 0 unspecified atom stereocenters. The topological polar surface area (TPSA) is 52.2 Å². The lowest BCUT2D eigenvalue weighted by atomic mass is 10.0. The maximum atomic E-state index is 13.1. The van der Waals surface area contributed by atoms with Crippen LogP contribution in [0.1, 0.15) is 21.6 Å². The van der Waals surface area contributed by atoms with E-state index in [2.05, 4.69) is 41.1 Å². The van der Waals surface area contributed by atoms with Gasteiger partial charge in [-0.05, 0) is 61.4 Å². The summed E-state index contributed by atoms with van der Waals surface area (Å²) in [5.41, 5.74) is 5.69. The predicted molar refractivity (Wildman–Crippen MR) is 108 cm³/mol. The summed E-state index contributed by atoms with van der Waals surface area (Å²) in [6.07, 6.45) is 0. The number of benzene rings is 2. The third kappa shape index (κ3) is 3.63. The van der Waals surface area contributed by atoms with Gasteiger partial charge in [0.15, 0.2) is 0 Å². The highest BCUT2D eigenvalue weighted by Crippen LogP contribution is 2.22. The van der Waals surface area contributed by atoms with Crippen molar-refractivity contribution in [2.75, 3.05) is 31.1 Å². The van der Waals surface area contributed by atoms with E-state index >= 15 is 0 Å². The molecule has 1 aliphatic rings. The molecule has 1 saturated heterocycles. The van der Waals surface area contributed by atoms with Crippen molar-refractivity contribution in [2.24, 2.45) is 0 Å². The Hall–Kier alpha value is -3.15. The van der Waals surface area contributed by atoms with Crippen molar-refractivity contribution < 1.29 is 9.18 Å². The fourth-order valence-electron chi connectivity index (χ4n) is 3.47. The fourth-order valence-corrected chi connectivity index (χ4v) is 3.47. The van der Waals surface area contributed by atoms with Crippen LogP contribution in [0.3, 0.4) is 0 Å². The standard InChI is InChI=1S/C22H23FN4O/c1-15-3-4-17(13-16(15)2)20-14-21(25-24-20)22(28)27-11-9-26(10-12-27)19-7-5-18(23)6-8-19/h3-8,13-14H,9-12H2,1-2H3,(H,24,25). The molecule has 0 spiro atoms. The Labute approximate surface area is 163 Å². The van der Waals surface area contributed by atoms with Crippen molar-refractivity contribution in [3.05, 3.63) is 71.2 Å². The molecule has 1 N–H and O–H groups in total. The second-order valence-corrected chi connectivity index (χ2v) is 7.22. The maximum absolute atomic E-state index is 13.1. The number of aryl methyl sites for hydroxylation is 2. The van der Waals surface area contributed by atoms with E-state index in [0.717, 1.165) is 30.0 Å². The molecule has 2 aromatic carbocycles. The highest BCUT2D eigenvalue weighted by molar-refractivity contribution is 5.93. The number of nitrogens with zero attached hydrogens (tertiary/aromatic N) is 3. The van der Waals surface area contributed by atoms with Gasteiger partial charge in [0.05, 0.1) is 5.69 Å². The Bertz CT molecular complexity index is 988. The zero-order valence-electron chi connectivity index (χ0n) is 16.1. The molecular weight excluding hydrogens is 355 g/mol. The van der Waals surface area contributed by atoms with Crippen molar-refractivity contribution in [2.45, 2.75) is 13.8 Å². The Morgan fingerprint density at radius 3 is 2.36 bits per heavy atom. The Kier molecular flexibility index (Phi) is 4.86. The van der Waals surface area contributed by atoms with Crippen LogP contribution in [0.25, 0.3) is 11.3 Å². The molecule has 144 valence electrons. The van der Waals surface area contributed by atoms with Crippen molar-refractivity contribution in [3.63, 3.8) is 0 Å². The third-order valence-electron chi connectivity index (χ3n) is 5.37. The number of aromatic amines is 1. The van der Waals surface area contributed by atoms with Gasteiger partial charge in [0, 0.05) is 37.4 Å². The van der Waals surface area contributed by atoms with Gasteiger partial charge in [-0.15, -0.1) is 0 Å². The number of halogens is 1. The van der Waals surface area contributed by atoms with E-state index in [0.29, 0.717) is 18.8 Å². The summed E-state index contributed by atoms with van der Waals surface area (Å²) in [5.74, 6) is -0.280. The third-order valence-corrected chi connectivity index (χ3v) is 5.37. The summed E-state index contributed by atoms with van der Waals surface area (Å²) in [6, 6.07) is 14.5. The first-order chi connectivity index (χ1) is 13.5. The minimum atomic E-state index is -0.239. The molecule has 6 heteroatoms. The zero-order valence-corrected chi connectivity index (χ0v) is 16.1. The minimum absolute atomic E-state index is 0.0404. The van der Waals surface area contributed by atoms with Crippen LogP contribution in [-0.2, 0) is 0 Å². The largest absolute Gasteiger partial charge is 0.368 e. The van der Waals surface area contributed by atoms with Crippen LogP contribution in [0.15, 0.2) is 48.5 Å². The van der Waals surface area contributed by atoms with E-state index in [9.17, 15) is 9.18 Å². The van der Waals surface area contributed by atoms with Crippen LogP contribution in [0, 0.1) is 19.7 Å². The number of nitrogens with one attached hydrogen (secondary N) is 1. The Balaban J connectivity index is 1.42. The van der Waals surface area contributed by atoms with Crippen LogP contribution >= 0.6 is 0 Å². The molecule has 0 bridgehead atoms. The van der Waals surface area contributed by atoms with Crippen molar-refractivity contribution in [1.82, 2.24) is 15.1 Å². The van der Waals surface area contributed by atoms with Gasteiger partial charge in [0.1, 0.15) is 11.5 Å². The minimum Gasteiger partial charge on any atom is -0.368 e. The molecular formula is C22H23FN4O. The number of carbonyl (C=O) groups is 1. The number of aromatic nitrogens is 2. The van der Waals surface area contributed by atoms with Gasteiger partial charge in [-0.25, -0.2) is 4.39 Å². The van der Waals surface area contributed by atoms with Gasteiger partial charge in [-0.2, -0.15) is 5.10 Å². The SMILES string of the molecule is Cc1ccc(-c2cc(C(=O)N3CCN(c4ccc(F)cc4)CC3)[nH]n2)cc1C. The summed E-state index contributed by atoms with van der Waals surface area (Å²) < 4.78 is 13.1. The molecule has 0 radical (unpaired) electrons. The normalized spacial score (nSPS) is 14.4. The van der Waals surface area contributed by atoms with Crippen molar-refractivity contribution in [1.29, 1.82) is 0 Å². The first-order valence-corrected chi connectivity index (χ1v) is 9.44. The number of anilines is 1. The maximum Gasteiger partial charge on any atom is 0.272 e. The Morgan fingerprint density at radius 1 is 0.964 bits per heavy atom. The molecule has 3 aromatic rings. The number of H-pyrrole nitrogens is 1. The van der Waals surface area contributed by atoms with Crippen LogP contribution in [0.4, 0.5) is 10.1 Å². The van der Waals surface area contributed by atoms with Crippen LogP contribution < -0.4 is 4.90 Å². The van der Waals surface area contributed by atoms with E-state index in [1.54, 1.807) is 12.1 Å². The van der Waals surface area contributed by atoms with E-state index in [1.165, 1.54) is 23.3 Å². The number of amides is 1. The van der Waals surface area contributed by atoms with E-state index in [1.807, 2.05) is 17.0 Å². The molecule has 1 aliphatic heterocycles. The fraction of sp³-hybridized carbons (Fsp3) is 0.273. The monoisotopic (exact) mass is 378 g/mol. The van der Waals surface area contributed by atoms with E-state index in [4.69, 9.17) is 0 Å². The molecule has 1 fully saturated rings. The number of rotatable bonds is 3. The second kappa shape index (κ2) is 7.46. The first-order valence-electron chi connectivity index (χ1n) is 9.44. The quantitative estimate of drug-likeness (QED) is 0.754. The number of hydrogen-bond donors (Lipinski definition) is 1. The molecule has 0 aliphatic carbocycles. The first kappa shape index (κ1) is 18.2. The molecule has 0 saturated carbocycles. The molecule has 28 heavy (non-hydrogen) atoms. The highest BCUT2D eigenvalue weighted by atomic mass is 19.1. The van der Waals surface area contributed by atoms with Crippen LogP contribution in [0.5, 0.6) is 0 Å². The summed E-state index contributed by atoms with van der Waals surface area (Å²) in [6.45, 7) is 6.82. The smallest absolute Gasteiger partial charge is 0.272 e. The van der Waals surface area contributed by atoms with Gasteiger partial charge < -0.3 is 9.80 Å². The summed E-state index contributed by atoms with van der Waals surface area (Å²) in [5, 5.41) is 7.21. The Morgan fingerprint density at radius 2 is 1.68 bits per heavy atom. The number of carbonyl (C=O) groups excluding carboxylic acids is 1. The number of piperazine rings is 1. The highest BCUT2D eigenvalue weighted by Gasteiger charge is 2.24. The van der Waals surface area contributed by atoms with Crippen LogP contribution in [-0.4, -0.2) is 47.2 Å². The average molecular weight is 378 g/mol. The van der Waals surface area contributed by atoms with Crippen molar-refractivity contribution >= 4 is 11.6 Å². The molecule has 1 aromatic heterocycles. The van der Waals surface area contributed by atoms with E-state index in [-0.39, 0.29) is 11.7 Å². The lowest BCUT2D eigenvalue weighted by molar-refractivity contribution is 0.0741. The van der Waals surface area contributed by atoms with Gasteiger partial charge in [-0.1, -0.05) is 12.1 Å². The summed E-state index contributed by atoms with van der Waals surface area (Å²) in [7, 11) is 0. The molecule has 4 rings (SSSR count). The second-order valence-electron chi connectivity index (χ2n) is 7.22. The molecule has 2 heterocycles.